The molecule has 2 aromatic rings. The number of carbonyl (C=O) groups is 2. The topological polar surface area (TPSA) is 116 Å². The smallest absolute Gasteiger partial charge is 0.389 e. The van der Waals surface area contributed by atoms with Gasteiger partial charge in [-0.2, -0.15) is 17.5 Å². The van der Waals surface area contributed by atoms with Crippen molar-refractivity contribution in [3.63, 3.8) is 0 Å². The first-order valence-electron chi connectivity index (χ1n) is 11.8. The Morgan fingerprint density at radius 3 is 2.66 bits per heavy atom. The number of nitrogens with one attached hydrogen (secondary N) is 1. The van der Waals surface area contributed by atoms with Crippen molar-refractivity contribution in [2.75, 3.05) is 32.1 Å². The van der Waals surface area contributed by atoms with Gasteiger partial charge in [-0.15, -0.1) is 11.3 Å². The molecule has 0 saturated heterocycles. The maximum atomic E-state index is 13.4. The largest absolute Gasteiger partial charge is 0.488 e. The molecule has 38 heavy (non-hydrogen) atoms. The number of benzene rings is 1. The SMILES string of the molecule is C[C@@H]1CN([C@@H](C)CO)C(=O)c2cc(NC(=O)CCC(F)(F)F)ccc2O[C@H]1CN(C)S(=O)(=O)c1cccs1. The molecule has 1 aliphatic rings. The third kappa shape index (κ3) is 7.24. The molecule has 0 radical (unpaired) electrons. The van der Waals surface area contributed by atoms with Gasteiger partial charge in [0.2, 0.25) is 5.91 Å². The van der Waals surface area contributed by atoms with E-state index in [0.29, 0.717) is 0 Å². The molecule has 0 unspecified atom stereocenters. The van der Waals surface area contributed by atoms with Gasteiger partial charge in [0, 0.05) is 31.6 Å². The minimum absolute atomic E-state index is 0.0274. The van der Waals surface area contributed by atoms with Gasteiger partial charge in [0.05, 0.1) is 31.2 Å². The molecule has 2 N–H and O–H groups in total. The van der Waals surface area contributed by atoms with Crippen LogP contribution in [0.25, 0.3) is 0 Å². The van der Waals surface area contributed by atoms with Gasteiger partial charge in [-0.25, -0.2) is 8.42 Å². The highest BCUT2D eigenvalue weighted by Crippen LogP contribution is 2.32. The molecule has 0 saturated carbocycles. The highest BCUT2D eigenvalue weighted by atomic mass is 32.2. The number of fused-ring (bicyclic) bond motifs is 1. The molecule has 1 aromatic heterocycles. The first kappa shape index (κ1) is 29.9. The predicted molar refractivity (Wildman–Crippen MR) is 136 cm³/mol. The fourth-order valence-corrected chi connectivity index (χ4v) is 6.30. The number of anilines is 1. The standard InChI is InChI=1S/C24H30F3N3O6S2/c1-15-12-30(16(2)14-31)23(33)18-11-17(28-21(32)8-9-24(25,26)27)6-7-19(18)36-20(15)13-29(3)38(34,35)22-5-4-10-37-22/h4-7,10-11,15-16,20,31H,8-9,12-14H2,1-3H3,(H,28,32)/t15-,16+,20+/m1/s1. The Bertz CT molecular complexity index is 1240. The molecular weight excluding hydrogens is 547 g/mol. The van der Waals surface area contributed by atoms with E-state index >= 15 is 0 Å². The number of likely N-dealkylation sites (N-methyl/N-ethyl adjacent to an activating group) is 1. The lowest BCUT2D eigenvalue weighted by Gasteiger charge is -2.38. The Morgan fingerprint density at radius 2 is 2.05 bits per heavy atom. The number of halogens is 3. The first-order chi connectivity index (χ1) is 17.7. The molecule has 1 aromatic carbocycles. The van der Waals surface area contributed by atoms with E-state index in [2.05, 4.69) is 5.32 Å². The van der Waals surface area contributed by atoms with Crippen molar-refractivity contribution >= 4 is 38.9 Å². The minimum Gasteiger partial charge on any atom is -0.488 e. The van der Waals surface area contributed by atoms with Gasteiger partial charge in [-0.1, -0.05) is 13.0 Å². The molecule has 3 atom stereocenters. The van der Waals surface area contributed by atoms with E-state index in [9.17, 15) is 36.3 Å². The van der Waals surface area contributed by atoms with Gasteiger partial charge in [-0.3, -0.25) is 9.59 Å². The zero-order valence-corrected chi connectivity index (χ0v) is 22.7. The number of hydrogen-bond donors (Lipinski definition) is 2. The second-order valence-corrected chi connectivity index (χ2v) is 12.4. The van der Waals surface area contributed by atoms with Crippen LogP contribution >= 0.6 is 11.3 Å². The Kier molecular flexibility index (Phi) is 9.44. The van der Waals surface area contributed by atoms with Crippen LogP contribution in [0.5, 0.6) is 5.75 Å². The van der Waals surface area contributed by atoms with Gasteiger partial charge in [0.1, 0.15) is 16.1 Å². The van der Waals surface area contributed by atoms with Gasteiger partial charge in [-0.05, 0) is 36.6 Å². The maximum absolute atomic E-state index is 13.4. The summed E-state index contributed by atoms with van der Waals surface area (Å²) in [6, 6.07) is 6.66. The lowest BCUT2D eigenvalue weighted by Crippen LogP contribution is -2.50. The second-order valence-electron chi connectivity index (χ2n) is 9.21. The fraction of sp³-hybridized carbons (Fsp3) is 0.500. The Morgan fingerprint density at radius 1 is 1.34 bits per heavy atom. The summed E-state index contributed by atoms with van der Waals surface area (Å²) < 4.78 is 70.9. The summed E-state index contributed by atoms with van der Waals surface area (Å²) in [6.07, 6.45) is -7.23. The number of alkyl halides is 3. The van der Waals surface area contributed by atoms with Gasteiger partial charge < -0.3 is 20.1 Å². The van der Waals surface area contributed by atoms with Crippen LogP contribution < -0.4 is 10.1 Å². The van der Waals surface area contributed by atoms with E-state index < -0.39 is 53.0 Å². The van der Waals surface area contributed by atoms with Crippen molar-refractivity contribution < 1.29 is 41.0 Å². The quantitative estimate of drug-likeness (QED) is 0.471. The molecule has 210 valence electrons. The molecule has 0 spiro atoms. The third-order valence-corrected chi connectivity index (χ3v) is 9.38. The summed E-state index contributed by atoms with van der Waals surface area (Å²) in [5.74, 6) is -1.59. The van der Waals surface area contributed by atoms with E-state index in [4.69, 9.17) is 4.74 Å². The van der Waals surface area contributed by atoms with E-state index in [0.717, 1.165) is 11.3 Å². The van der Waals surface area contributed by atoms with E-state index in [1.54, 1.807) is 25.3 Å². The molecule has 0 aliphatic carbocycles. The molecule has 2 amide bonds. The Balaban J connectivity index is 1.91. The van der Waals surface area contributed by atoms with E-state index in [1.807, 2.05) is 0 Å². The number of sulfonamides is 1. The molecule has 0 fully saturated rings. The number of hydrogen-bond acceptors (Lipinski definition) is 7. The van der Waals surface area contributed by atoms with Crippen LogP contribution in [0, 0.1) is 5.92 Å². The van der Waals surface area contributed by atoms with Crippen molar-refractivity contribution in [1.82, 2.24) is 9.21 Å². The minimum atomic E-state index is -4.48. The summed E-state index contributed by atoms with van der Waals surface area (Å²) in [7, 11) is -2.34. The number of thiophene rings is 1. The molecule has 2 heterocycles. The zero-order valence-electron chi connectivity index (χ0n) is 21.1. The molecule has 0 bridgehead atoms. The lowest BCUT2D eigenvalue weighted by atomic mass is 9.99. The number of ether oxygens (including phenoxy) is 1. The van der Waals surface area contributed by atoms with E-state index in [1.165, 1.54) is 40.5 Å². The summed E-state index contributed by atoms with van der Waals surface area (Å²) in [5.41, 5.74) is 0.131. The molecule has 9 nitrogen and oxygen atoms in total. The van der Waals surface area contributed by atoms with Crippen molar-refractivity contribution in [3.8, 4) is 5.75 Å². The maximum Gasteiger partial charge on any atom is 0.389 e. The van der Waals surface area contributed by atoms with Crippen LogP contribution in [-0.4, -0.2) is 79.6 Å². The van der Waals surface area contributed by atoms with Crippen LogP contribution in [0.2, 0.25) is 0 Å². The van der Waals surface area contributed by atoms with E-state index in [-0.39, 0.29) is 46.8 Å². The van der Waals surface area contributed by atoms with Crippen LogP contribution in [0.3, 0.4) is 0 Å². The summed E-state index contributed by atoms with van der Waals surface area (Å²) in [6.45, 7) is 3.23. The van der Waals surface area contributed by atoms with Crippen LogP contribution in [0.15, 0.2) is 39.9 Å². The van der Waals surface area contributed by atoms with Crippen LogP contribution in [0.1, 0.15) is 37.0 Å². The van der Waals surface area contributed by atoms with Gasteiger partial charge >= 0.3 is 6.18 Å². The molecule has 3 rings (SSSR count). The van der Waals surface area contributed by atoms with Crippen molar-refractivity contribution in [1.29, 1.82) is 0 Å². The first-order valence-corrected chi connectivity index (χ1v) is 14.1. The lowest BCUT2D eigenvalue weighted by molar-refractivity contribution is -0.142. The number of carbonyl (C=O) groups excluding carboxylic acids is 2. The second kappa shape index (κ2) is 12.0. The van der Waals surface area contributed by atoms with Gasteiger partial charge in [0.15, 0.2) is 0 Å². The number of aliphatic hydroxyl groups is 1. The zero-order chi connectivity index (χ0) is 28.3. The van der Waals surface area contributed by atoms with Crippen molar-refractivity contribution in [2.24, 2.45) is 5.92 Å². The molecule has 14 heteroatoms. The Hall–Kier alpha value is -2.68. The van der Waals surface area contributed by atoms with Crippen LogP contribution in [0.4, 0.5) is 18.9 Å². The highest BCUT2D eigenvalue weighted by Gasteiger charge is 2.35. The molecule has 1 aliphatic heterocycles. The molecular formula is C24H30F3N3O6S2. The number of aliphatic hydroxyl groups excluding tert-OH is 1. The summed E-state index contributed by atoms with van der Waals surface area (Å²) >= 11 is 1.09. The average molecular weight is 578 g/mol. The monoisotopic (exact) mass is 577 g/mol. The van der Waals surface area contributed by atoms with Gasteiger partial charge in [0.25, 0.3) is 15.9 Å². The fourth-order valence-electron chi connectivity index (χ4n) is 3.91. The number of amides is 2. The number of nitrogens with zero attached hydrogens (tertiary/aromatic N) is 2. The van der Waals surface area contributed by atoms with Crippen molar-refractivity contribution in [2.45, 2.75) is 49.2 Å². The summed E-state index contributed by atoms with van der Waals surface area (Å²) in [4.78, 5) is 26.9. The Labute approximate surface area is 223 Å². The highest BCUT2D eigenvalue weighted by molar-refractivity contribution is 7.91. The van der Waals surface area contributed by atoms with Crippen LogP contribution in [-0.2, 0) is 14.8 Å². The average Bonchev–Trinajstić information content (AvgIpc) is 3.40. The normalized spacial score (nSPS) is 19.4. The predicted octanol–water partition coefficient (Wildman–Crippen LogP) is 3.57. The summed E-state index contributed by atoms with van der Waals surface area (Å²) in [5, 5.41) is 13.8. The third-order valence-electron chi connectivity index (χ3n) is 6.18. The number of rotatable bonds is 9. The van der Waals surface area contributed by atoms with Crippen molar-refractivity contribution in [3.05, 3.63) is 41.3 Å².